The highest BCUT2D eigenvalue weighted by molar-refractivity contribution is 6.41. The van der Waals surface area contributed by atoms with Crippen LogP contribution in [0.25, 0.3) is 43.1 Å². The first-order valence-electron chi connectivity index (χ1n) is 16.6. The summed E-state index contributed by atoms with van der Waals surface area (Å²) in [6.07, 6.45) is 0.928. The second-order valence-electron chi connectivity index (χ2n) is 12.8. The molecule has 0 radical (unpaired) electrons. The van der Waals surface area contributed by atoms with E-state index in [1.54, 1.807) is 38.5 Å². The highest BCUT2D eigenvalue weighted by atomic mass is 16.5. The standard InChI is InChI=1S/C42H30N2O6/c1-49-33-9-5-3-7-23(33)19-21-43-39(45)29-15-11-25-27-13-17-31-38-32(42(48)44(41(31)47)22-20-24-8-4-6-10-34(24)50-2)18-14-28(36(27)38)26-12-16-30(40(43)46)37(29)35(25)26/h3-18H,19-22H2,1-2H3. The Hall–Kier alpha value is -6.28. The summed E-state index contributed by atoms with van der Waals surface area (Å²) >= 11 is 0. The van der Waals surface area contributed by atoms with Gasteiger partial charge in [0.05, 0.1) is 14.2 Å². The molecule has 0 unspecified atom stereocenters. The third-order valence-electron chi connectivity index (χ3n) is 10.4. The van der Waals surface area contributed by atoms with Crippen LogP contribution in [0.2, 0.25) is 0 Å². The van der Waals surface area contributed by atoms with E-state index in [9.17, 15) is 19.2 Å². The summed E-state index contributed by atoms with van der Waals surface area (Å²) in [6.45, 7) is 0.433. The summed E-state index contributed by atoms with van der Waals surface area (Å²) in [4.78, 5) is 58.5. The lowest BCUT2D eigenvalue weighted by atomic mass is 9.82. The van der Waals surface area contributed by atoms with Gasteiger partial charge >= 0.3 is 0 Å². The number of rotatable bonds is 8. The van der Waals surface area contributed by atoms with Crippen LogP contribution in [0.4, 0.5) is 0 Å². The van der Waals surface area contributed by atoms with Crippen molar-refractivity contribution in [3.8, 4) is 11.5 Å². The molecule has 0 bridgehead atoms. The largest absolute Gasteiger partial charge is 0.496 e. The second-order valence-corrected chi connectivity index (χ2v) is 12.8. The molecule has 7 aromatic carbocycles. The first-order valence-corrected chi connectivity index (χ1v) is 16.6. The maximum Gasteiger partial charge on any atom is 0.261 e. The van der Waals surface area contributed by atoms with Crippen molar-refractivity contribution in [3.05, 3.63) is 130 Å². The number of carbonyl (C=O) groups excluding carboxylic acids is 4. The van der Waals surface area contributed by atoms with Gasteiger partial charge in [0.2, 0.25) is 0 Å². The van der Waals surface area contributed by atoms with Crippen molar-refractivity contribution in [1.82, 2.24) is 9.80 Å². The molecule has 0 fully saturated rings. The number of fused-ring (bicyclic) bond motifs is 2. The van der Waals surface area contributed by atoms with E-state index in [1.165, 1.54) is 9.80 Å². The second kappa shape index (κ2) is 11.1. The Morgan fingerprint density at radius 2 is 0.740 bits per heavy atom. The van der Waals surface area contributed by atoms with Crippen LogP contribution < -0.4 is 9.47 Å². The number of hydrogen-bond donors (Lipinski definition) is 0. The number of benzene rings is 7. The zero-order valence-corrected chi connectivity index (χ0v) is 27.4. The molecule has 0 spiro atoms. The Kier molecular flexibility index (Phi) is 6.64. The molecule has 7 aromatic rings. The number of imide groups is 2. The molecule has 8 nitrogen and oxygen atoms in total. The Morgan fingerprint density at radius 3 is 1.06 bits per heavy atom. The maximum atomic E-state index is 14.0. The Balaban J connectivity index is 1.14. The minimum absolute atomic E-state index is 0.216. The number of ether oxygens (including phenoxy) is 2. The molecule has 4 amide bonds. The van der Waals surface area contributed by atoms with Crippen LogP contribution in [-0.2, 0) is 12.8 Å². The Labute approximate surface area is 286 Å². The molecule has 0 atom stereocenters. The lowest BCUT2D eigenvalue weighted by molar-refractivity contribution is 0.0596. The van der Waals surface area contributed by atoms with E-state index in [4.69, 9.17) is 9.47 Å². The third-order valence-corrected chi connectivity index (χ3v) is 10.4. The SMILES string of the molecule is COc1ccccc1CCN1C(=O)c2ccc3c4ccc5c6c(ccc(c7ccc(c2c37)C1=O)c64)C(=O)N(CCc1ccccc1OC)C5=O. The summed E-state index contributed by atoms with van der Waals surface area (Å²) in [5.41, 5.74) is 3.74. The van der Waals surface area contributed by atoms with E-state index in [-0.39, 0.29) is 36.7 Å². The van der Waals surface area contributed by atoms with Crippen molar-refractivity contribution in [3.63, 3.8) is 0 Å². The minimum Gasteiger partial charge on any atom is -0.496 e. The monoisotopic (exact) mass is 658 g/mol. The number of nitrogens with zero attached hydrogens (tertiary/aromatic N) is 2. The van der Waals surface area contributed by atoms with Crippen LogP contribution in [0, 0.1) is 0 Å². The molecule has 50 heavy (non-hydrogen) atoms. The van der Waals surface area contributed by atoms with Gasteiger partial charge < -0.3 is 9.47 Å². The molecular formula is C42H30N2O6. The fourth-order valence-electron chi connectivity index (χ4n) is 8.06. The molecule has 0 N–H and O–H groups in total. The minimum atomic E-state index is -0.332. The summed E-state index contributed by atoms with van der Waals surface area (Å²) in [5, 5.41) is 6.37. The molecule has 0 aliphatic carbocycles. The smallest absolute Gasteiger partial charge is 0.261 e. The summed E-state index contributed by atoms with van der Waals surface area (Å²) in [6, 6.07) is 30.1. The van der Waals surface area contributed by atoms with Crippen LogP contribution in [0.15, 0.2) is 97.1 Å². The normalized spacial score (nSPS) is 14.2. The van der Waals surface area contributed by atoms with Gasteiger partial charge in [-0.1, -0.05) is 60.7 Å². The molecule has 0 saturated heterocycles. The number of hydrogen-bond acceptors (Lipinski definition) is 6. The number of amides is 4. The van der Waals surface area contributed by atoms with E-state index in [0.29, 0.717) is 57.4 Å². The highest BCUT2D eigenvalue weighted by Crippen LogP contribution is 2.46. The first-order chi connectivity index (χ1) is 24.4. The van der Waals surface area contributed by atoms with E-state index in [2.05, 4.69) is 0 Å². The van der Waals surface area contributed by atoms with Gasteiger partial charge in [-0.05, 0) is 92.7 Å². The lowest BCUT2D eigenvalue weighted by Gasteiger charge is -2.30. The van der Waals surface area contributed by atoms with Crippen molar-refractivity contribution in [2.75, 3.05) is 27.3 Å². The number of para-hydroxylation sites is 2. The van der Waals surface area contributed by atoms with Gasteiger partial charge in [0.15, 0.2) is 0 Å². The van der Waals surface area contributed by atoms with Gasteiger partial charge in [-0.2, -0.15) is 0 Å². The predicted molar refractivity (Wildman–Crippen MR) is 192 cm³/mol. The van der Waals surface area contributed by atoms with Gasteiger partial charge in [-0.3, -0.25) is 29.0 Å². The van der Waals surface area contributed by atoms with Crippen molar-refractivity contribution in [2.45, 2.75) is 12.8 Å². The van der Waals surface area contributed by atoms with Crippen molar-refractivity contribution in [1.29, 1.82) is 0 Å². The maximum absolute atomic E-state index is 14.0. The Morgan fingerprint density at radius 1 is 0.420 bits per heavy atom. The van der Waals surface area contributed by atoms with E-state index >= 15 is 0 Å². The quantitative estimate of drug-likeness (QED) is 0.0958. The zero-order valence-electron chi connectivity index (χ0n) is 27.4. The molecular weight excluding hydrogens is 628 g/mol. The van der Waals surface area contributed by atoms with Crippen LogP contribution in [0.5, 0.6) is 11.5 Å². The Bertz CT molecular complexity index is 2320. The molecule has 9 rings (SSSR count). The summed E-state index contributed by atoms with van der Waals surface area (Å²) < 4.78 is 11.0. The third kappa shape index (κ3) is 4.11. The molecule has 0 aromatic heterocycles. The molecule has 2 aliphatic rings. The van der Waals surface area contributed by atoms with E-state index in [1.807, 2.05) is 72.8 Å². The summed E-state index contributed by atoms with van der Waals surface area (Å²) in [7, 11) is 3.21. The number of carbonyl (C=O) groups is 4. The topological polar surface area (TPSA) is 93.2 Å². The van der Waals surface area contributed by atoms with Crippen LogP contribution in [0.3, 0.4) is 0 Å². The fourth-order valence-corrected chi connectivity index (χ4v) is 8.06. The van der Waals surface area contributed by atoms with Crippen molar-refractivity contribution < 1.29 is 28.7 Å². The summed E-state index contributed by atoms with van der Waals surface area (Å²) in [5.74, 6) is 0.100. The van der Waals surface area contributed by atoms with Crippen LogP contribution in [0.1, 0.15) is 52.6 Å². The molecule has 8 heteroatoms. The van der Waals surface area contributed by atoms with Gasteiger partial charge in [0.25, 0.3) is 23.6 Å². The zero-order chi connectivity index (χ0) is 34.3. The predicted octanol–water partition coefficient (Wildman–Crippen LogP) is 7.43. The van der Waals surface area contributed by atoms with Gasteiger partial charge in [0.1, 0.15) is 11.5 Å². The van der Waals surface area contributed by atoms with Crippen LogP contribution in [-0.4, -0.2) is 60.7 Å². The van der Waals surface area contributed by atoms with Crippen LogP contribution >= 0.6 is 0 Å². The fraction of sp³-hybridized carbons (Fsp3) is 0.143. The first kappa shape index (κ1) is 29.8. The highest BCUT2D eigenvalue weighted by Gasteiger charge is 2.37. The average Bonchev–Trinajstić information content (AvgIpc) is 3.15. The average molecular weight is 659 g/mol. The van der Waals surface area contributed by atoms with Gasteiger partial charge in [0, 0.05) is 46.1 Å². The molecule has 244 valence electrons. The van der Waals surface area contributed by atoms with Gasteiger partial charge in [-0.15, -0.1) is 0 Å². The molecule has 2 aliphatic heterocycles. The molecule has 2 heterocycles. The van der Waals surface area contributed by atoms with E-state index in [0.717, 1.165) is 43.4 Å². The van der Waals surface area contributed by atoms with Gasteiger partial charge in [-0.25, -0.2) is 0 Å². The van der Waals surface area contributed by atoms with Crippen molar-refractivity contribution >= 4 is 66.7 Å². The van der Waals surface area contributed by atoms with Crippen molar-refractivity contribution in [2.24, 2.45) is 0 Å². The lowest BCUT2D eigenvalue weighted by Crippen LogP contribution is -2.41. The number of methoxy groups -OCH3 is 2. The molecule has 0 saturated carbocycles. The van der Waals surface area contributed by atoms with E-state index < -0.39 is 0 Å².